The number of alkyl halides is 3. The van der Waals surface area contributed by atoms with Crippen molar-refractivity contribution in [3.8, 4) is 0 Å². The molecular weight excluding hydrogens is 421 g/mol. The van der Waals surface area contributed by atoms with Crippen molar-refractivity contribution in [2.75, 3.05) is 5.32 Å². The lowest BCUT2D eigenvalue weighted by Crippen LogP contribution is -2.35. The molecule has 2 aromatic heterocycles. The van der Waals surface area contributed by atoms with E-state index in [1.54, 1.807) is 19.1 Å². The van der Waals surface area contributed by atoms with Crippen LogP contribution >= 0.6 is 11.6 Å². The third kappa shape index (κ3) is 3.77. The Morgan fingerprint density at radius 2 is 2.03 bits per heavy atom. The van der Waals surface area contributed by atoms with Crippen LogP contribution in [0.2, 0.25) is 5.02 Å². The summed E-state index contributed by atoms with van der Waals surface area (Å²) in [5.74, 6) is -0.379. The summed E-state index contributed by atoms with van der Waals surface area (Å²) in [6.45, 7) is 1.76. The molecule has 1 aliphatic heterocycles. The van der Waals surface area contributed by atoms with Crippen molar-refractivity contribution >= 4 is 23.3 Å². The molecular formula is C20H18ClF3N4O2. The van der Waals surface area contributed by atoms with E-state index in [1.165, 1.54) is 6.26 Å². The fourth-order valence-electron chi connectivity index (χ4n) is 3.50. The average Bonchev–Trinajstić information content (AvgIpc) is 3.36. The number of hydrogen-bond acceptors (Lipinski definition) is 4. The highest BCUT2D eigenvalue weighted by molar-refractivity contribution is 6.36. The number of carbonyl (C=O) groups excluding carboxylic acids is 1. The summed E-state index contributed by atoms with van der Waals surface area (Å²) in [4.78, 5) is 12.7. The molecule has 10 heteroatoms. The number of carbonyl (C=O) groups is 1. The Morgan fingerprint density at radius 1 is 1.30 bits per heavy atom. The molecule has 2 N–H and O–H groups in total. The zero-order valence-corrected chi connectivity index (χ0v) is 16.5. The normalized spacial score (nSPS) is 19.6. The molecule has 0 bridgehead atoms. The number of halogens is 4. The van der Waals surface area contributed by atoms with Crippen molar-refractivity contribution in [2.45, 2.75) is 37.6 Å². The number of anilines is 1. The van der Waals surface area contributed by atoms with E-state index in [4.69, 9.17) is 16.0 Å². The summed E-state index contributed by atoms with van der Waals surface area (Å²) in [6.07, 6.45) is -3.54. The average molecular weight is 439 g/mol. The van der Waals surface area contributed by atoms with E-state index in [0.29, 0.717) is 5.76 Å². The van der Waals surface area contributed by atoms with Gasteiger partial charge in [0.25, 0.3) is 5.91 Å². The van der Waals surface area contributed by atoms with E-state index < -0.39 is 24.2 Å². The van der Waals surface area contributed by atoms with Crippen LogP contribution in [0.5, 0.6) is 0 Å². The van der Waals surface area contributed by atoms with Gasteiger partial charge in [-0.3, -0.25) is 4.79 Å². The van der Waals surface area contributed by atoms with Crippen LogP contribution in [0.3, 0.4) is 0 Å². The van der Waals surface area contributed by atoms with Gasteiger partial charge in [-0.15, -0.1) is 0 Å². The molecule has 1 aliphatic rings. The molecule has 0 fully saturated rings. The van der Waals surface area contributed by atoms with Gasteiger partial charge in [0.15, 0.2) is 11.7 Å². The maximum Gasteiger partial charge on any atom is 0.410 e. The zero-order chi connectivity index (χ0) is 21.5. The van der Waals surface area contributed by atoms with Gasteiger partial charge < -0.3 is 15.1 Å². The molecule has 3 atom stereocenters. The molecule has 0 aliphatic carbocycles. The first-order valence-corrected chi connectivity index (χ1v) is 9.64. The molecule has 0 saturated carbocycles. The van der Waals surface area contributed by atoms with Crippen molar-refractivity contribution in [3.05, 3.63) is 70.8 Å². The molecule has 158 valence electrons. The minimum atomic E-state index is -4.58. The second-order valence-corrected chi connectivity index (χ2v) is 7.45. The lowest BCUT2D eigenvalue weighted by Gasteiger charge is -2.32. The Hall–Kier alpha value is -2.94. The SMILES string of the molecule is C[C@H](NC(=O)c1nn2c(c1Cl)N[C@H](c1ccco1)C[C@H]2C(F)(F)F)c1ccccc1. The van der Waals surface area contributed by atoms with Crippen LogP contribution in [0, 0.1) is 0 Å². The number of benzene rings is 1. The van der Waals surface area contributed by atoms with Gasteiger partial charge in [-0.1, -0.05) is 41.9 Å². The molecule has 1 amide bonds. The van der Waals surface area contributed by atoms with Gasteiger partial charge in [0.1, 0.15) is 16.6 Å². The Labute approximate surface area is 175 Å². The highest BCUT2D eigenvalue weighted by Crippen LogP contribution is 2.46. The van der Waals surface area contributed by atoms with E-state index in [-0.39, 0.29) is 29.0 Å². The topological polar surface area (TPSA) is 72.1 Å². The van der Waals surface area contributed by atoms with Crippen LogP contribution in [0.4, 0.5) is 19.0 Å². The van der Waals surface area contributed by atoms with Gasteiger partial charge in [0, 0.05) is 6.42 Å². The predicted octanol–water partition coefficient (Wildman–Crippen LogP) is 5.28. The number of aromatic nitrogens is 2. The first-order chi connectivity index (χ1) is 14.3. The number of hydrogen-bond donors (Lipinski definition) is 2. The van der Waals surface area contributed by atoms with Crippen molar-refractivity contribution in [2.24, 2.45) is 0 Å². The summed E-state index contributed by atoms with van der Waals surface area (Å²) in [5.41, 5.74) is 0.575. The van der Waals surface area contributed by atoms with Gasteiger partial charge in [0.2, 0.25) is 0 Å². The van der Waals surface area contributed by atoms with E-state index in [0.717, 1.165) is 10.2 Å². The number of rotatable bonds is 4. The highest BCUT2D eigenvalue weighted by Gasteiger charge is 2.48. The largest absolute Gasteiger partial charge is 0.467 e. The predicted molar refractivity (Wildman–Crippen MR) is 104 cm³/mol. The monoisotopic (exact) mass is 438 g/mol. The molecule has 0 saturated heterocycles. The fraction of sp³-hybridized carbons (Fsp3) is 0.300. The zero-order valence-electron chi connectivity index (χ0n) is 15.8. The number of nitrogens with zero attached hydrogens (tertiary/aromatic N) is 2. The smallest absolute Gasteiger partial charge is 0.410 e. The lowest BCUT2D eigenvalue weighted by molar-refractivity contribution is -0.174. The third-order valence-electron chi connectivity index (χ3n) is 5.04. The summed E-state index contributed by atoms with van der Waals surface area (Å²) < 4.78 is 47.2. The van der Waals surface area contributed by atoms with Gasteiger partial charge in [-0.25, -0.2) is 4.68 Å². The van der Waals surface area contributed by atoms with Gasteiger partial charge in [-0.05, 0) is 24.6 Å². The molecule has 3 aromatic rings. The minimum Gasteiger partial charge on any atom is -0.467 e. The summed E-state index contributed by atoms with van der Waals surface area (Å²) >= 11 is 6.30. The standard InChI is InChI=1S/C20H18ClF3N4O2/c1-11(12-6-3-2-4-7-12)25-19(29)17-16(21)18-26-13(14-8-5-9-30-14)10-15(20(22,23)24)28(18)27-17/h2-9,11,13,15,26H,10H2,1H3,(H,25,29)/t11-,13-,15-/m0/s1. The fourth-order valence-corrected chi connectivity index (χ4v) is 3.77. The number of nitrogens with one attached hydrogen (secondary N) is 2. The second-order valence-electron chi connectivity index (χ2n) is 7.07. The van der Waals surface area contributed by atoms with Gasteiger partial charge in [0.05, 0.1) is 18.3 Å². The van der Waals surface area contributed by atoms with Crippen LogP contribution in [-0.4, -0.2) is 21.9 Å². The van der Waals surface area contributed by atoms with Crippen molar-refractivity contribution < 1.29 is 22.4 Å². The summed E-state index contributed by atoms with van der Waals surface area (Å²) in [5, 5.41) is 9.40. The lowest BCUT2D eigenvalue weighted by atomic mass is 10.0. The van der Waals surface area contributed by atoms with E-state index >= 15 is 0 Å². The van der Waals surface area contributed by atoms with Gasteiger partial charge >= 0.3 is 6.18 Å². The maximum absolute atomic E-state index is 13.7. The third-order valence-corrected chi connectivity index (χ3v) is 5.40. The van der Waals surface area contributed by atoms with E-state index in [1.807, 2.05) is 30.3 Å². The van der Waals surface area contributed by atoms with Gasteiger partial charge in [-0.2, -0.15) is 18.3 Å². The van der Waals surface area contributed by atoms with Crippen molar-refractivity contribution in [1.29, 1.82) is 0 Å². The molecule has 0 spiro atoms. The molecule has 0 radical (unpaired) electrons. The number of fused-ring (bicyclic) bond motifs is 1. The molecule has 30 heavy (non-hydrogen) atoms. The van der Waals surface area contributed by atoms with E-state index in [2.05, 4.69) is 15.7 Å². The maximum atomic E-state index is 13.7. The molecule has 6 nitrogen and oxygen atoms in total. The first-order valence-electron chi connectivity index (χ1n) is 9.26. The van der Waals surface area contributed by atoms with E-state index in [9.17, 15) is 18.0 Å². The summed E-state index contributed by atoms with van der Waals surface area (Å²) in [7, 11) is 0. The Kier molecular flexibility index (Phi) is 5.23. The number of furan rings is 1. The Morgan fingerprint density at radius 3 is 2.67 bits per heavy atom. The van der Waals surface area contributed by atoms with Crippen LogP contribution in [-0.2, 0) is 0 Å². The van der Waals surface area contributed by atoms with Crippen LogP contribution in [0.15, 0.2) is 53.1 Å². The molecule has 3 heterocycles. The number of amides is 1. The first kappa shape index (κ1) is 20.3. The van der Waals surface area contributed by atoms with Crippen LogP contribution in [0.25, 0.3) is 0 Å². The molecule has 1 aromatic carbocycles. The Bertz CT molecular complexity index is 1030. The Balaban J connectivity index is 1.65. The molecule has 0 unspecified atom stereocenters. The second kappa shape index (κ2) is 7.71. The summed E-state index contributed by atoms with van der Waals surface area (Å²) in [6, 6.07) is 9.26. The molecule has 4 rings (SSSR count). The van der Waals surface area contributed by atoms with Crippen LogP contribution < -0.4 is 10.6 Å². The quantitative estimate of drug-likeness (QED) is 0.581. The highest BCUT2D eigenvalue weighted by atomic mass is 35.5. The minimum absolute atomic E-state index is 0.0656. The van der Waals surface area contributed by atoms with Crippen molar-refractivity contribution in [1.82, 2.24) is 15.1 Å². The van der Waals surface area contributed by atoms with Crippen molar-refractivity contribution in [3.63, 3.8) is 0 Å². The van der Waals surface area contributed by atoms with Crippen LogP contribution in [0.1, 0.15) is 53.3 Å².